The number of anilines is 2. The number of imidazole rings is 1. The summed E-state index contributed by atoms with van der Waals surface area (Å²) < 4.78 is 3.79. The second-order valence-electron chi connectivity index (χ2n) is 7.53. The lowest BCUT2D eigenvalue weighted by molar-refractivity contribution is 0.768. The van der Waals surface area contributed by atoms with Gasteiger partial charge in [0.2, 0.25) is 0 Å². The van der Waals surface area contributed by atoms with E-state index in [1.165, 1.54) is 0 Å². The van der Waals surface area contributed by atoms with Gasteiger partial charge in [-0.25, -0.2) is 9.97 Å². The molecule has 0 amide bonds. The van der Waals surface area contributed by atoms with Crippen molar-refractivity contribution in [1.29, 1.82) is 0 Å². The van der Waals surface area contributed by atoms with E-state index in [2.05, 4.69) is 47.7 Å². The number of hydrogen-bond donors (Lipinski definition) is 2. The average Bonchev–Trinajstić information content (AvgIpc) is 3.52. The highest BCUT2D eigenvalue weighted by atomic mass is 15.2. The van der Waals surface area contributed by atoms with Crippen molar-refractivity contribution in [1.82, 2.24) is 34.3 Å². The Labute approximate surface area is 177 Å². The van der Waals surface area contributed by atoms with Gasteiger partial charge in [0.05, 0.1) is 29.3 Å². The van der Waals surface area contributed by atoms with Crippen molar-refractivity contribution in [2.75, 3.05) is 5.32 Å². The third kappa shape index (κ3) is 2.98. The number of aromatic nitrogens is 7. The molecule has 31 heavy (non-hydrogen) atoms. The summed E-state index contributed by atoms with van der Waals surface area (Å²) in [6.45, 7) is 0. The van der Waals surface area contributed by atoms with Gasteiger partial charge in [-0.15, -0.1) is 0 Å². The first kappa shape index (κ1) is 17.6. The molecule has 6 rings (SSSR count). The van der Waals surface area contributed by atoms with Crippen molar-refractivity contribution in [3.63, 3.8) is 0 Å². The number of nitrogens with zero attached hydrogens (tertiary/aromatic N) is 7. The van der Waals surface area contributed by atoms with E-state index in [4.69, 9.17) is 0 Å². The quantitative estimate of drug-likeness (QED) is 0.470. The van der Waals surface area contributed by atoms with E-state index in [1.54, 1.807) is 10.9 Å². The number of benzene rings is 1. The van der Waals surface area contributed by atoms with E-state index in [-0.39, 0.29) is 5.92 Å². The SMILES string of the molecule is Cn1cc(-c2cnc3c(Nc4ccc5n[nH]c(C6C=CN=CC6)c5c4)nccn23)cn1. The maximum atomic E-state index is 4.60. The highest BCUT2D eigenvalue weighted by Gasteiger charge is 2.17. The maximum absolute atomic E-state index is 4.60. The standard InChI is InChI=1S/C22H19N9/c1-30-13-15(11-26-30)19-12-25-22-21(24-8-9-31(19)22)27-16-2-3-18-17(10-16)20(29-28-18)14-4-6-23-7-5-14/h2-4,6-14H,5H2,1H3,(H,24,27)(H,28,29). The summed E-state index contributed by atoms with van der Waals surface area (Å²) in [6.07, 6.45) is 16.0. The molecule has 1 aliphatic rings. The highest BCUT2D eigenvalue weighted by Crippen LogP contribution is 2.31. The summed E-state index contributed by atoms with van der Waals surface area (Å²) in [6, 6.07) is 6.11. The number of aryl methyl sites for hydroxylation is 1. The summed E-state index contributed by atoms with van der Waals surface area (Å²) in [5.41, 5.74) is 5.66. The van der Waals surface area contributed by atoms with Crippen LogP contribution in [0.3, 0.4) is 0 Å². The van der Waals surface area contributed by atoms with Crippen LogP contribution < -0.4 is 5.32 Å². The summed E-state index contributed by atoms with van der Waals surface area (Å²) >= 11 is 0. The zero-order valence-electron chi connectivity index (χ0n) is 16.8. The van der Waals surface area contributed by atoms with Crippen LogP contribution >= 0.6 is 0 Å². The van der Waals surface area contributed by atoms with Crippen LogP contribution in [0.5, 0.6) is 0 Å². The second kappa shape index (κ2) is 6.91. The smallest absolute Gasteiger partial charge is 0.180 e. The number of allylic oxidation sites excluding steroid dienone is 1. The fraction of sp³-hybridized carbons (Fsp3) is 0.136. The molecule has 1 aromatic carbocycles. The van der Waals surface area contributed by atoms with Crippen LogP contribution in [0.2, 0.25) is 0 Å². The molecule has 0 radical (unpaired) electrons. The second-order valence-corrected chi connectivity index (χ2v) is 7.53. The Bertz CT molecular complexity index is 1470. The van der Waals surface area contributed by atoms with Crippen LogP contribution in [0, 0.1) is 0 Å². The molecule has 9 nitrogen and oxygen atoms in total. The lowest BCUT2D eigenvalue weighted by atomic mass is 9.97. The first-order chi connectivity index (χ1) is 15.3. The average molecular weight is 409 g/mol. The van der Waals surface area contributed by atoms with E-state index >= 15 is 0 Å². The number of nitrogens with one attached hydrogen (secondary N) is 2. The molecule has 4 aromatic heterocycles. The van der Waals surface area contributed by atoms with E-state index in [9.17, 15) is 0 Å². The van der Waals surface area contributed by atoms with Crippen molar-refractivity contribution in [3.05, 3.63) is 67.2 Å². The molecule has 0 saturated heterocycles. The van der Waals surface area contributed by atoms with E-state index in [0.29, 0.717) is 5.82 Å². The Morgan fingerprint density at radius 2 is 2.16 bits per heavy atom. The molecule has 9 heteroatoms. The summed E-state index contributed by atoms with van der Waals surface area (Å²) in [4.78, 5) is 13.3. The van der Waals surface area contributed by atoms with Gasteiger partial charge >= 0.3 is 0 Å². The molecule has 152 valence electrons. The minimum absolute atomic E-state index is 0.244. The Hall–Kier alpha value is -4.27. The van der Waals surface area contributed by atoms with Gasteiger partial charge in [-0.05, 0) is 24.6 Å². The van der Waals surface area contributed by atoms with Crippen molar-refractivity contribution in [3.8, 4) is 11.3 Å². The van der Waals surface area contributed by atoms with Gasteiger partial charge in [-0.2, -0.15) is 10.2 Å². The first-order valence-electron chi connectivity index (χ1n) is 10.0. The van der Waals surface area contributed by atoms with Gasteiger partial charge in [0.1, 0.15) is 0 Å². The maximum Gasteiger partial charge on any atom is 0.180 e. The fourth-order valence-corrected chi connectivity index (χ4v) is 3.98. The van der Waals surface area contributed by atoms with Crippen LogP contribution in [0.25, 0.3) is 27.8 Å². The normalized spacial score (nSPS) is 15.8. The molecule has 1 aliphatic heterocycles. The third-order valence-electron chi connectivity index (χ3n) is 5.51. The molecule has 0 bridgehead atoms. The van der Waals surface area contributed by atoms with Gasteiger partial charge in [0, 0.05) is 60.6 Å². The zero-order valence-corrected chi connectivity index (χ0v) is 16.8. The van der Waals surface area contributed by atoms with Crippen LogP contribution in [0.1, 0.15) is 18.0 Å². The number of fused-ring (bicyclic) bond motifs is 2. The molecule has 0 saturated carbocycles. The molecule has 5 aromatic rings. The summed E-state index contributed by atoms with van der Waals surface area (Å²) in [7, 11) is 1.90. The summed E-state index contributed by atoms with van der Waals surface area (Å²) in [5, 5.41) is 16.4. The topological polar surface area (TPSA) is 101 Å². The van der Waals surface area contributed by atoms with E-state index in [1.807, 2.05) is 60.8 Å². The van der Waals surface area contributed by atoms with Crippen LogP contribution in [0.15, 0.2) is 66.5 Å². The lowest BCUT2D eigenvalue weighted by Gasteiger charge is -2.11. The van der Waals surface area contributed by atoms with Crippen molar-refractivity contribution >= 4 is 34.3 Å². The van der Waals surface area contributed by atoms with Crippen molar-refractivity contribution < 1.29 is 0 Å². The molecule has 0 aliphatic carbocycles. The minimum atomic E-state index is 0.244. The first-order valence-corrected chi connectivity index (χ1v) is 10.0. The predicted molar refractivity (Wildman–Crippen MR) is 120 cm³/mol. The minimum Gasteiger partial charge on any atom is -0.337 e. The predicted octanol–water partition coefficient (Wildman–Crippen LogP) is 3.82. The Balaban J connectivity index is 1.38. The number of hydrogen-bond acceptors (Lipinski definition) is 6. The van der Waals surface area contributed by atoms with Gasteiger partial charge in [-0.1, -0.05) is 6.08 Å². The zero-order chi connectivity index (χ0) is 20.8. The van der Waals surface area contributed by atoms with Gasteiger partial charge in [0.25, 0.3) is 0 Å². The highest BCUT2D eigenvalue weighted by molar-refractivity contribution is 5.87. The molecule has 0 spiro atoms. The Morgan fingerprint density at radius 3 is 3.00 bits per heavy atom. The Kier molecular flexibility index (Phi) is 3.92. The fourth-order valence-electron chi connectivity index (χ4n) is 3.98. The number of H-pyrrole nitrogens is 1. The van der Waals surface area contributed by atoms with Gasteiger partial charge in [-0.3, -0.25) is 19.2 Å². The monoisotopic (exact) mass is 409 g/mol. The largest absolute Gasteiger partial charge is 0.337 e. The van der Waals surface area contributed by atoms with Crippen molar-refractivity contribution in [2.24, 2.45) is 12.0 Å². The molecular weight excluding hydrogens is 390 g/mol. The summed E-state index contributed by atoms with van der Waals surface area (Å²) in [5.74, 6) is 0.931. The van der Waals surface area contributed by atoms with E-state index in [0.717, 1.165) is 45.6 Å². The molecule has 1 atom stereocenters. The Morgan fingerprint density at radius 1 is 1.19 bits per heavy atom. The molecule has 2 N–H and O–H groups in total. The lowest BCUT2D eigenvalue weighted by Crippen LogP contribution is -2.01. The number of aliphatic imine (C=N–C) groups is 1. The van der Waals surface area contributed by atoms with E-state index < -0.39 is 0 Å². The van der Waals surface area contributed by atoms with Crippen LogP contribution in [0.4, 0.5) is 11.5 Å². The van der Waals surface area contributed by atoms with Gasteiger partial charge < -0.3 is 5.32 Å². The molecule has 5 heterocycles. The third-order valence-corrected chi connectivity index (χ3v) is 5.51. The molecule has 0 fully saturated rings. The molecule has 1 unspecified atom stereocenters. The van der Waals surface area contributed by atoms with Crippen LogP contribution in [-0.2, 0) is 7.05 Å². The van der Waals surface area contributed by atoms with Crippen molar-refractivity contribution in [2.45, 2.75) is 12.3 Å². The van der Waals surface area contributed by atoms with Gasteiger partial charge in [0.15, 0.2) is 11.5 Å². The number of aromatic amines is 1. The molecular formula is C22H19N9. The number of rotatable bonds is 4. The van der Waals surface area contributed by atoms with Crippen LogP contribution in [-0.4, -0.2) is 40.6 Å².